The number of benzene rings is 1. The van der Waals surface area contributed by atoms with Crippen molar-refractivity contribution in [3.05, 3.63) is 35.4 Å². The highest BCUT2D eigenvalue weighted by molar-refractivity contribution is 5.81. The van der Waals surface area contributed by atoms with Gasteiger partial charge in [-0.1, -0.05) is 12.1 Å². The van der Waals surface area contributed by atoms with Gasteiger partial charge in [-0.05, 0) is 17.7 Å². The molecule has 0 aliphatic carbocycles. The summed E-state index contributed by atoms with van der Waals surface area (Å²) in [5.74, 6) is 0.641. The first kappa shape index (κ1) is 11.8. The van der Waals surface area contributed by atoms with Crippen molar-refractivity contribution in [1.29, 1.82) is 0 Å². The van der Waals surface area contributed by atoms with Crippen LogP contribution in [0.2, 0.25) is 0 Å². The Labute approximate surface area is 96.7 Å². The lowest BCUT2D eigenvalue weighted by Crippen LogP contribution is -2.33. The Morgan fingerprint density at radius 2 is 2.18 bits per heavy atom. The highest BCUT2D eigenvalue weighted by Gasteiger charge is 2.30. The van der Waals surface area contributed by atoms with Crippen LogP contribution in [0.4, 0.5) is 13.2 Å². The van der Waals surface area contributed by atoms with E-state index < -0.39 is 11.7 Å². The average Bonchev–Trinajstić information content (AvgIpc) is 2.78. The fourth-order valence-corrected chi connectivity index (χ4v) is 1.56. The molecule has 1 aromatic carbocycles. The number of halogens is 3. The Morgan fingerprint density at radius 1 is 1.35 bits per heavy atom. The van der Waals surface area contributed by atoms with Crippen molar-refractivity contribution in [1.82, 2.24) is 10.6 Å². The summed E-state index contributed by atoms with van der Waals surface area (Å²) in [4.78, 5) is 4.09. The molecule has 0 unspecified atom stereocenters. The van der Waals surface area contributed by atoms with E-state index in [1.807, 2.05) is 0 Å². The second-order valence-electron chi connectivity index (χ2n) is 3.71. The molecular weight excluding hydrogens is 231 g/mol. The number of guanidine groups is 1. The summed E-state index contributed by atoms with van der Waals surface area (Å²) in [6, 6.07) is 5.26. The molecule has 0 atom stereocenters. The zero-order valence-electron chi connectivity index (χ0n) is 9.01. The van der Waals surface area contributed by atoms with Crippen LogP contribution in [0.3, 0.4) is 0 Å². The summed E-state index contributed by atoms with van der Waals surface area (Å²) >= 11 is 0. The second kappa shape index (κ2) is 4.65. The smallest absolute Gasteiger partial charge is 0.355 e. The maximum atomic E-state index is 12.5. The predicted molar refractivity (Wildman–Crippen MR) is 58.6 cm³/mol. The van der Waals surface area contributed by atoms with Gasteiger partial charge in [0.25, 0.3) is 0 Å². The summed E-state index contributed by atoms with van der Waals surface area (Å²) < 4.78 is 37.4. The number of nitrogens with zero attached hydrogens (tertiary/aromatic N) is 1. The molecule has 6 heteroatoms. The van der Waals surface area contributed by atoms with Crippen LogP contribution in [0, 0.1) is 0 Å². The maximum absolute atomic E-state index is 12.5. The molecule has 0 radical (unpaired) electrons. The minimum absolute atomic E-state index is 0.329. The first-order valence-corrected chi connectivity index (χ1v) is 5.24. The van der Waals surface area contributed by atoms with E-state index in [1.165, 1.54) is 6.07 Å². The lowest BCUT2D eigenvalue weighted by Gasteiger charge is -2.10. The summed E-state index contributed by atoms with van der Waals surface area (Å²) in [6.07, 6.45) is -4.29. The van der Waals surface area contributed by atoms with Crippen molar-refractivity contribution in [3.8, 4) is 0 Å². The first-order valence-electron chi connectivity index (χ1n) is 5.24. The molecule has 2 rings (SSSR count). The van der Waals surface area contributed by atoms with E-state index >= 15 is 0 Å². The third-order valence-electron chi connectivity index (χ3n) is 2.39. The molecular formula is C11H12F3N3. The van der Waals surface area contributed by atoms with Gasteiger partial charge >= 0.3 is 6.18 Å². The lowest BCUT2D eigenvalue weighted by atomic mass is 10.1. The molecule has 92 valence electrons. The summed E-state index contributed by atoms with van der Waals surface area (Å²) in [7, 11) is 0. The van der Waals surface area contributed by atoms with Crippen molar-refractivity contribution in [2.75, 3.05) is 13.1 Å². The van der Waals surface area contributed by atoms with E-state index in [-0.39, 0.29) is 0 Å². The van der Waals surface area contributed by atoms with Crippen LogP contribution in [-0.4, -0.2) is 19.0 Å². The maximum Gasteiger partial charge on any atom is 0.416 e. The lowest BCUT2D eigenvalue weighted by molar-refractivity contribution is -0.137. The van der Waals surface area contributed by atoms with Gasteiger partial charge in [0, 0.05) is 13.1 Å². The quantitative estimate of drug-likeness (QED) is 0.830. The molecule has 17 heavy (non-hydrogen) atoms. The summed E-state index contributed by atoms with van der Waals surface area (Å²) in [6.45, 7) is 1.80. The summed E-state index contributed by atoms with van der Waals surface area (Å²) in [5, 5.41) is 5.94. The highest BCUT2D eigenvalue weighted by atomic mass is 19.4. The van der Waals surface area contributed by atoms with E-state index in [1.54, 1.807) is 6.07 Å². The summed E-state index contributed by atoms with van der Waals surface area (Å²) in [5.41, 5.74) is -0.0469. The monoisotopic (exact) mass is 243 g/mol. The molecule has 0 amide bonds. The van der Waals surface area contributed by atoms with Gasteiger partial charge in [0.1, 0.15) is 0 Å². The van der Waals surface area contributed by atoms with Gasteiger partial charge in [-0.2, -0.15) is 13.2 Å². The number of hydrogen-bond donors (Lipinski definition) is 2. The van der Waals surface area contributed by atoms with Gasteiger partial charge in [-0.3, -0.25) is 4.99 Å². The van der Waals surface area contributed by atoms with Crippen molar-refractivity contribution >= 4 is 5.96 Å². The number of hydrogen-bond acceptors (Lipinski definition) is 3. The minimum atomic E-state index is -4.29. The molecule has 0 fully saturated rings. The van der Waals surface area contributed by atoms with E-state index in [0.717, 1.165) is 18.7 Å². The van der Waals surface area contributed by atoms with Gasteiger partial charge in [-0.15, -0.1) is 0 Å². The van der Waals surface area contributed by atoms with Gasteiger partial charge in [0.05, 0.1) is 12.1 Å². The molecule has 3 nitrogen and oxygen atoms in total. The molecule has 0 aromatic heterocycles. The van der Waals surface area contributed by atoms with Gasteiger partial charge < -0.3 is 10.6 Å². The van der Waals surface area contributed by atoms with Crippen LogP contribution >= 0.6 is 0 Å². The van der Waals surface area contributed by atoms with E-state index in [2.05, 4.69) is 15.6 Å². The van der Waals surface area contributed by atoms with Crippen LogP contribution in [0.5, 0.6) is 0 Å². The van der Waals surface area contributed by atoms with E-state index in [4.69, 9.17) is 0 Å². The zero-order valence-corrected chi connectivity index (χ0v) is 9.01. The molecule has 0 bridgehead atoms. The number of alkyl halides is 3. The van der Waals surface area contributed by atoms with Crippen molar-refractivity contribution in [2.45, 2.75) is 12.7 Å². The number of aliphatic imine (C=N–C) groups is 1. The van der Waals surface area contributed by atoms with Crippen LogP contribution in [0.1, 0.15) is 11.1 Å². The Kier molecular flexibility index (Phi) is 3.21. The Balaban J connectivity index is 2.01. The van der Waals surface area contributed by atoms with Crippen LogP contribution in [0.25, 0.3) is 0 Å². The molecule has 0 spiro atoms. The van der Waals surface area contributed by atoms with Crippen molar-refractivity contribution in [3.63, 3.8) is 0 Å². The normalized spacial score (nSPS) is 15.4. The predicted octanol–water partition coefficient (Wildman–Crippen LogP) is 1.75. The largest absolute Gasteiger partial charge is 0.416 e. The van der Waals surface area contributed by atoms with Crippen molar-refractivity contribution < 1.29 is 13.2 Å². The van der Waals surface area contributed by atoms with Crippen molar-refractivity contribution in [2.24, 2.45) is 4.99 Å². The Hall–Kier alpha value is -1.72. The van der Waals surface area contributed by atoms with Crippen LogP contribution < -0.4 is 10.6 Å². The van der Waals surface area contributed by atoms with Gasteiger partial charge in [-0.25, -0.2) is 0 Å². The zero-order chi connectivity index (χ0) is 12.3. The fraction of sp³-hybridized carbons (Fsp3) is 0.364. The molecule has 1 aromatic rings. The molecule has 1 heterocycles. The third-order valence-corrected chi connectivity index (χ3v) is 2.39. The Bertz CT molecular complexity index is 426. The van der Waals surface area contributed by atoms with E-state index in [9.17, 15) is 13.2 Å². The standard InChI is InChI=1S/C11H12F3N3/c12-11(13,14)9-3-1-2-8(6-9)7-17-10-15-4-5-16-10/h1-3,6H,4-5,7H2,(H2,15,16,17). The second-order valence-corrected chi connectivity index (χ2v) is 3.71. The number of rotatable bonds is 2. The molecule has 0 saturated carbocycles. The first-order chi connectivity index (χ1) is 8.05. The van der Waals surface area contributed by atoms with Gasteiger partial charge in [0.2, 0.25) is 0 Å². The van der Waals surface area contributed by atoms with Crippen LogP contribution in [0.15, 0.2) is 29.3 Å². The molecule has 1 aliphatic rings. The molecule has 2 N–H and O–H groups in total. The fourth-order valence-electron chi connectivity index (χ4n) is 1.56. The highest BCUT2D eigenvalue weighted by Crippen LogP contribution is 2.29. The average molecular weight is 243 g/mol. The molecule has 0 saturated heterocycles. The third kappa shape index (κ3) is 3.12. The number of nitrogens with one attached hydrogen (secondary N) is 2. The molecule has 1 aliphatic heterocycles. The topological polar surface area (TPSA) is 36.4 Å². The SMILES string of the molecule is FC(F)(F)c1cccc(CNC2=NCCN2)c1. The van der Waals surface area contributed by atoms with Crippen LogP contribution in [-0.2, 0) is 12.7 Å². The van der Waals surface area contributed by atoms with Gasteiger partial charge in [0.15, 0.2) is 5.96 Å². The Morgan fingerprint density at radius 3 is 2.82 bits per heavy atom. The van der Waals surface area contributed by atoms with E-state index in [0.29, 0.717) is 24.6 Å². The minimum Gasteiger partial charge on any atom is -0.355 e.